The van der Waals surface area contributed by atoms with Crippen LogP contribution in [0.15, 0.2) is 18.2 Å². The molecule has 2 aliphatic rings. The molecule has 0 spiro atoms. The second-order valence-electron chi connectivity index (χ2n) is 6.16. The number of piperazine rings is 1. The van der Waals surface area contributed by atoms with Crippen LogP contribution < -0.4 is 4.90 Å². The third kappa shape index (κ3) is 2.80. The predicted molar refractivity (Wildman–Crippen MR) is 80.1 cm³/mol. The van der Waals surface area contributed by atoms with Crippen molar-refractivity contribution >= 4 is 5.69 Å². The van der Waals surface area contributed by atoms with Gasteiger partial charge in [0.1, 0.15) is 17.4 Å². The zero-order valence-corrected chi connectivity index (χ0v) is 12.5. The predicted octanol–water partition coefficient (Wildman–Crippen LogP) is 0.828. The molecule has 0 saturated carbocycles. The van der Waals surface area contributed by atoms with E-state index in [1.165, 1.54) is 6.07 Å². The van der Waals surface area contributed by atoms with E-state index in [2.05, 4.69) is 9.80 Å². The Morgan fingerprint density at radius 2 is 2.00 bits per heavy atom. The van der Waals surface area contributed by atoms with Gasteiger partial charge in [0.25, 0.3) is 0 Å². The van der Waals surface area contributed by atoms with E-state index >= 15 is 0 Å². The van der Waals surface area contributed by atoms with Gasteiger partial charge in [-0.15, -0.1) is 0 Å². The van der Waals surface area contributed by atoms with Crippen molar-refractivity contribution < 1.29 is 14.2 Å². The monoisotopic (exact) mass is 305 g/mol. The van der Waals surface area contributed by atoms with Crippen LogP contribution in [0.25, 0.3) is 0 Å². The molecule has 0 bridgehead atoms. The number of aliphatic hydroxyl groups excluding tert-OH is 1. The van der Waals surface area contributed by atoms with Crippen molar-refractivity contribution in [1.82, 2.24) is 4.90 Å². The largest absolute Gasteiger partial charge is 0.396 e. The molecule has 2 heterocycles. The summed E-state index contributed by atoms with van der Waals surface area (Å²) in [5, 5.41) is 18.6. The summed E-state index contributed by atoms with van der Waals surface area (Å²) in [5.41, 5.74) is 0.680. The Kier molecular flexibility index (Phi) is 4.30. The molecule has 1 aromatic carbocycles. The maximum atomic E-state index is 13.7. The van der Waals surface area contributed by atoms with Crippen molar-refractivity contribution in [3.8, 4) is 6.07 Å². The Balaban J connectivity index is 1.63. The quantitative estimate of drug-likeness (QED) is 0.893. The number of nitriles is 1. The standard InChI is InChI=1S/C16H20FN3O2/c17-14-2-1-3-15(13(14)8-18)20-6-4-19(5-7-20)9-16(10-21)11-22-12-16/h1-3,21H,4-7,9-12H2. The summed E-state index contributed by atoms with van der Waals surface area (Å²) in [5.74, 6) is -0.465. The maximum Gasteiger partial charge on any atom is 0.143 e. The molecule has 22 heavy (non-hydrogen) atoms. The Hall–Kier alpha value is -1.68. The highest BCUT2D eigenvalue weighted by molar-refractivity contribution is 5.60. The number of anilines is 1. The SMILES string of the molecule is N#Cc1c(F)cccc1N1CCN(CC2(CO)COC2)CC1. The van der Waals surface area contributed by atoms with Crippen LogP contribution in [0.1, 0.15) is 5.56 Å². The van der Waals surface area contributed by atoms with E-state index in [1.807, 2.05) is 6.07 Å². The van der Waals surface area contributed by atoms with Gasteiger partial charge in [0.2, 0.25) is 0 Å². The Morgan fingerprint density at radius 3 is 2.55 bits per heavy atom. The summed E-state index contributed by atoms with van der Waals surface area (Å²) < 4.78 is 18.9. The first-order valence-corrected chi connectivity index (χ1v) is 7.52. The summed E-state index contributed by atoms with van der Waals surface area (Å²) in [6.07, 6.45) is 0. The van der Waals surface area contributed by atoms with Crippen LogP contribution in [-0.4, -0.2) is 62.6 Å². The van der Waals surface area contributed by atoms with Crippen LogP contribution in [0.5, 0.6) is 0 Å². The van der Waals surface area contributed by atoms with E-state index in [9.17, 15) is 9.50 Å². The molecule has 0 unspecified atom stereocenters. The summed E-state index contributed by atoms with van der Waals surface area (Å²) in [7, 11) is 0. The summed E-state index contributed by atoms with van der Waals surface area (Å²) in [6.45, 7) is 5.38. The highest BCUT2D eigenvalue weighted by Crippen LogP contribution is 2.29. The van der Waals surface area contributed by atoms with Crippen molar-refractivity contribution in [3.63, 3.8) is 0 Å². The molecule has 118 valence electrons. The first-order valence-electron chi connectivity index (χ1n) is 7.52. The van der Waals surface area contributed by atoms with Gasteiger partial charge in [0.15, 0.2) is 0 Å². The zero-order chi connectivity index (χ0) is 15.6. The minimum Gasteiger partial charge on any atom is -0.396 e. The van der Waals surface area contributed by atoms with Crippen LogP contribution in [0, 0.1) is 22.6 Å². The van der Waals surface area contributed by atoms with Crippen LogP contribution in [0.3, 0.4) is 0 Å². The molecule has 2 fully saturated rings. The lowest BCUT2D eigenvalue weighted by Gasteiger charge is -2.45. The molecule has 6 heteroatoms. The van der Waals surface area contributed by atoms with E-state index in [0.29, 0.717) is 18.9 Å². The molecule has 0 aromatic heterocycles. The summed E-state index contributed by atoms with van der Waals surface area (Å²) in [4.78, 5) is 4.36. The number of rotatable bonds is 4. The number of aliphatic hydroxyl groups is 1. The van der Waals surface area contributed by atoms with Crippen molar-refractivity contribution in [2.45, 2.75) is 0 Å². The lowest BCUT2D eigenvalue weighted by Crippen LogP contribution is -2.57. The van der Waals surface area contributed by atoms with Gasteiger partial charge in [-0.05, 0) is 12.1 Å². The van der Waals surface area contributed by atoms with E-state index in [4.69, 9.17) is 10.00 Å². The minimum absolute atomic E-state index is 0.112. The minimum atomic E-state index is -0.465. The molecule has 2 saturated heterocycles. The first-order chi connectivity index (χ1) is 10.7. The molecule has 0 atom stereocenters. The van der Waals surface area contributed by atoms with Crippen LogP contribution in [0.2, 0.25) is 0 Å². The summed E-state index contributed by atoms with van der Waals surface area (Å²) >= 11 is 0. The van der Waals surface area contributed by atoms with Crippen LogP contribution in [0.4, 0.5) is 10.1 Å². The Bertz CT molecular complexity index is 570. The average molecular weight is 305 g/mol. The second-order valence-corrected chi connectivity index (χ2v) is 6.16. The topological polar surface area (TPSA) is 59.7 Å². The molecule has 1 aromatic rings. The van der Waals surface area contributed by atoms with E-state index in [-0.39, 0.29) is 17.6 Å². The number of nitrogens with zero attached hydrogens (tertiary/aromatic N) is 3. The lowest BCUT2D eigenvalue weighted by molar-refractivity contribution is -0.148. The molecule has 2 aliphatic heterocycles. The third-order valence-corrected chi connectivity index (χ3v) is 4.53. The van der Waals surface area contributed by atoms with E-state index in [1.54, 1.807) is 12.1 Å². The summed E-state index contributed by atoms with van der Waals surface area (Å²) in [6, 6.07) is 6.72. The molecular weight excluding hydrogens is 285 g/mol. The van der Waals surface area contributed by atoms with Crippen molar-refractivity contribution in [2.24, 2.45) is 5.41 Å². The van der Waals surface area contributed by atoms with Crippen molar-refractivity contribution in [3.05, 3.63) is 29.6 Å². The van der Waals surface area contributed by atoms with Gasteiger partial charge < -0.3 is 14.7 Å². The van der Waals surface area contributed by atoms with Gasteiger partial charge in [-0.2, -0.15) is 5.26 Å². The zero-order valence-electron chi connectivity index (χ0n) is 12.5. The van der Waals surface area contributed by atoms with E-state index in [0.717, 1.165) is 32.7 Å². The van der Waals surface area contributed by atoms with Crippen LogP contribution >= 0.6 is 0 Å². The van der Waals surface area contributed by atoms with Gasteiger partial charge in [-0.1, -0.05) is 6.07 Å². The molecule has 0 amide bonds. The fourth-order valence-corrected chi connectivity index (χ4v) is 3.13. The second kappa shape index (κ2) is 6.21. The average Bonchev–Trinajstić information content (AvgIpc) is 2.51. The molecule has 1 N–H and O–H groups in total. The highest BCUT2D eigenvalue weighted by Gasteiger charge is 2.40. The van der Waals surface area contributed by atoms with Gasteiger partial charge in [-0.25, -0.2) is 4.39 Å². The van der Waals surface area contributed by atoms with Gasteiger partial charge in [0, 0.05) is 32.7 Å². The van der Waals surface area contributed by atoms with Crippen molar-refractivity contribution in [1.29, 1.82) is 5.26 Å². The van der Waals surface area contributed by atoms with Gasteiger partial charge >= 0.3 is 0 Å². The molecule has 0 aliphatic carbocycles. The maximum absolute atomic E-state index is 13.7. The number of hydrogen-bond acceptors (Lipinski definition) is 5. The fourth-order valence-electron chi connectivity index (χ4n) is 3.13. The van der Waals surface area contributed by atoms with E-state index < -0.39 is 5.82 Å². The van der Waals surface area contributed by atoms with Gasteiger partial charge in [0.05, 0.1) is 30.9 Å². The normalized spacial score (nSPS) is 21.2. The van der Waals surface area contributed by atoms with Crippen molar-refractivity contribution in [2.75, 3.05) is 57.4 Å². The lowest BCUT2D eigenvalue weighted by atomic mass is 9.86. The highest BCUT2D eigenvalue weighted by atomic mass is 19.1. The molecule has 3 rings (SSSR count). The molecule has 5 nitrogen and oxygen atoms in total. The smallest absolute Gasteiger partial charge is 0.143 e. The first kappa shape index (κ1) is 15.2. The number of ether oxygens (including phenoxy) is 1. The number of hydrogen-bond donors (Lipinski definition) is 1. The molecule has 0 radical (unpaired) electrons. The number of halogens is 1. The van der Waals surface area contributed by atoms with Gasteiger partial charge in [-0.3, -0.25) is 4.90 Å². The molecular formula is C16H20FN3O2. The Labute approximate surface area is 129 Å². The fraction of sp³-hybridized carbons (Fsp3) is 0.562. The Morgan fingerprint density at radius 1 is 1.27 bits per heavy atom. The third-order valence-electron chi connectivity index (χ3n) is 4.53. The number of benzene rings is 1. The van der Waals surface area contributed by atoms with Crippen LogP contribution in [-0.2, 0) is 4.74 Å².